The lowest BCUT2D eigenvalue weighted by atomic mass is 9.57. The van der Waals surface area contributed by atoms with Crippen molar-refractivity contribution in [2.75, 3.05) is 5.32 Å². The van der Waals surface area contributed by atoms with E-state index >= 15 is 0 Å². The maximum absolute atomic E-state index is 14.0. The van der Waals surface area contributed by atoms with Crippen molar-refractivity contribution in [3.8, 4) is 0 Å². The van der Waals surface area contributed by atoms with E-state index in [9.17, 15) is 9.59 Å². The van der Waals surface area contributed by atoms with Crippen molar-refractivity contribution in [1.29, 1.82) is 0 Å². The average molecular weight is 399 g/mol. The van der Waals surface area contributed by atoms with Crippen LogP contribution in [0.15, 0.2) is 47.0 Å². The van der Waals surface area contributed by atoms with E-state index in [4.69, 9.17) is 23.8 Å². The van der Waals surface area contributed by atoms with Crippen LogP contribution in [-0.4, -0.2) is 16.9 Å². The van der Waals surface area contributed by atoms with Gasteiger partial charge in [0.1, 0.15) is 0 Å². The molecule has 1 aromatic rings. The van der Waals surface area contributed by atoms with Crippen LogP contribution in [0.25, 0.3) is 0 Å². The van der Waals surface area contributed by atoms with Gasteiger partial charge in [-0.25, -0.2) is 4.99 Å². The Labute approximate surface area is 168 Å². The first-order chi connectivity index (χ1) is 12.7. The summed E-state index contributed by atoms with van der Waals surface area (Å²) < 4.78 is 0. The van der Waals surface area contributed by atoms with Gasteiger partial charge in [-0.05, 0) is 41.7 Å². The summed E-state index contributed by atoms with van der Waals surface area (Å²) in [6.45, 7) is 9.64. The molecule has 0 radical (unpaired) electrons. The number of carbonyl (C=O) groups excluding carboxylic acids is 2. The van der Waals surface area contributed by atoms with Gasteiger partial charge >= 0.3 is 0 Å². The van der Waals surface area contributed by atoms with E-state index in [1.165, 1.54) is 0 Å². The molecule has 4 atom stereocenters. The molecule has 1 aromatic carbocycles. The summed E-state index contributed by atoms with van der Waals surface area (Å²) in [5, 5.41) is 5.87. The molecule has 0 saturated heterocycles. The fourth-order valence-corrected chi connectivity index (χ4v) is 5.56. The van der Waals surface area contributed by atoms with Crippen LogP contribution in [0.2, 0.25) is 0 Å². The van der Waals surface area contributed by atoms with Crippen LogP contribution in [0.5, 0.6) is 0 Å². The maximum Gasteiger partial charge on any atom is 0.232 e. The van der Waals surface area contributed by atoms with Gasteiger partial charge in [0.05, 0.1) is 16.5 Å². The molecule has 3 aliphatic rings. The van der Waals surface area contributed by atoms with E-state index in [0.717, 1.165) is 5.56 Å². The molecule has 0 saturated carbocycles. The summed E-state index contributed by atoms with van der Waals surface area (Å²) in [6, 6.07) is 5.51. The predicted molar refractivity (Wildman–Crippen MR) is 109 cm³/mol. The summed E-state index contributed by atoms with van der Waals surface area (Å²) in [5.74, 6) is -1.34. The van der Waals surface area contributed by atoms with E-state index < -0.39 is 28.2 Å². The zero-order valence-corrected chi connectivity index (χ0v) is 16.9. The highest BCUT2D eigenvalue weighted by Gasteiger charge is 2.67. The van der Waals surface area contributed by atoms with Gasteiger partial charge in [0.25, 0.3) is 0 Å². The quantitative estimate of drug-likeness (QED) is 0.451. The number of allylic oxidation sites excluding steroid dienone is 1. The van der Waals surface area contributed by atoms with Crippen molar-refractivity contribution in [3.05, 3.63) is 53.1 Å². The Bertz CT molecular complexity index is 1010. The van der Waals surface area contributed by atoms with Gasteiger partial charge < -0.3 is 5.32 Å². The number of nitrogens with zero attached hydrogens (tertiary/aromatic N) is 1. The minimum absolute atomic E-state index is 0.117. The summed E-state index contributed by atoms with van der Waals surface area (Å²) in [4.78, 5) is 31.4. The molecule has 0 aromatic heterocycles. The maximum atomic E-state index is 14.0. The zero-order chi connectivity index (χ0) is 19.8. The third kappa shape index (κ3) is 1.90. The molecule has 27 heavy (non-hydrogen) atoms. The van der Waals surface area contributed by atoms with E-state index in [1.54, 1.807) is 12.2 Å². The third-order valence-corrected chi connectivity index (χ3v) is 7.28. The molecule has 0 fully saturated rings. The average Bonchev–Trinajstić information content (AvgIpc) is 2.95. The van der Waals surface area contributed by atoms with E-state index in [0.29, 0.717) is 16.3 Å². The number of benzene rings is 1. The minimum atomic E-state index is -1.41. The molecule has 2 bridgehead atoms. The molecule has 1 heterocycles. The predicted octanol–water partition coefficient (Wildman–Crippen LogP) is 4.57. The van der Waals surface area contributed by atoms with Gasteiger partial charge in [-0.2, -0.15) is 0 Å². The van der Waals surface area contributed by atoms with Crippen molar-refractivity contribution in [1.82, 2.24) is 0 Å². The SMILES string of the molecule is C=C[C@]1(C)C(Cl)=C[C@@H]2C(=O)[C@]1(N=C=S)c1cccc3c1[C@H](C(=O)N3)C2(C)C. The van der Waals surface area contributed by atoms with Crippen LogP contribution < -0.4 is 5.32 Å². The smallest absolute Gasteiger partial charge is 0.232 e. The standard InChI is InChI=1S/C21H19ClN2O2S/c1-5-20(4)14(22)9-12-17(25)21(20,23-10-27)11-7-6-8-13-15(11)16(18(26)24-13)19(12,2)3/h5-9,12,16H,1H2,2-4H3,(H,24,26)/t12-,16-,20-,21-/m1/s1. The Morgan fingerprint density at radius 2 is 2.04 bits per heavy atom. The van der Waals surface area contributed by atoms with E-state index in [1.807, 2.05) is 39.0 Å². The van der Waals surface area contributed by atoms with Crippen LogP contribution in [0.4, 0.5) is 5.69 Å². The highest BCUT2D eigenvalue weighted by atomic mass is 35.5. The molecule has 1 N–H and O–H groups in total. The third-order valence-electron chi connectivity index (χ3n) is 6.67. The first-order valence-corrected chi connectivity index (χ1v) is 9.54. The number of anilines is 1. The van der Waals surface area contributed by atoms with Crippen LogP contribution in [0, 0.1) is 16.7 Å². The Morgan fingerprint density at radius 3 is 2.67 bits per heavy atom. The lowest BCUT2D eigenvalue weighted by Gasteiger charge is -2.48. The number of ketones is 1. The number of hydrogen-bond acceptors (Lipinski definition) is 4. The van der Waals surface area contributed by atoms with Crippen LogP contribution in [0.1, 0.15) is 37.8 Å². The Morgan fingerprint density at radius 1 is 1.33 bits per heavy atom. The van der Waals surface area contributed by atoms with Crippen molar-refractivity contribution in [2.24, 2.45) is 21.7 Å². The fourth-order valence-electron chi connectivity index (χ4n) is 5.09. The summed E-state index contributed by atoms with van der Waals surface area (Å²) in [6.07, 6.45) is 3.41. The number of fused-ring (bicyclic) bond motifs is 3. The second-order valence-corrected chi connectivity index (χ2v) is 8.78. The number of Topliss-reactive ketones (excluding diaryl/α,β-unsaturated/α-hetero) is 1. The molecule has 0 spiro atoms. The molecule has 4 nitrogen and oxygen atoms in total. The van der Waals surface area contributed by atoms with Gasteiger partial charge in [0.2, 0.25) is 5.91 Å². The molecule has 1 amide bonds. The largest absolute Gasteiger partial charge is 0.325 e. The van der Waals surface area contributed by atoms with Crippen LogP contribution in [-0.2, 0) is 15.1 Å². The molecule has 138 valence electrons. The molecule has 2 aliphatic carbocycles. The molecular formula is C21H19ClN2O2S. The second kappa shape index (κ2) is 5.48. The number of aliphatic imine (C=N–C) groups is 1. The number of halogens is 1. The number of nitrogens with one attached hydrogen (secondary N) is 1. The van der Waals surface area contributed by atoms with Gasteiger partial charge in [-0.1, -0.05) is 49.7 Å². The number of rotatable bonds is 2. The zero-order valence-electron chi connectivity index (χ0n) is 15.3. The van der Waals surface area contributed by atoms with Gasteiger partial charge in [0.15, 0.2) is 11.3 Å². The molecule has 0 unspecified atom stereocenters. The topological polar surface area (TPSA) is 58.5 Å². The van der Waals surface area contributed by atoms with E-state index in [2.05, 4.69) is 22.0 Å². The number of carbonyl (C=O) groups is 2. The molecular weight excluding hydrogens is 380 g/mol. The first kappa shape index (κ1) is 18.3. The van der Waals surface area contributed by atoms with Crippen LogP contribution in [0.3, 0.4) is 0 Å². The van der Waals surface area contributed by atoms with Crippen LogP contribution >= 0.6 is 23.8 Å². The highest BCUT2D eigenvalue weighted by Crippen LogP contribution is 2.64. The Balaban J connectivity index is 2.27. The van der Waals surface area contributed by atoms with Crippen molar-refractivity contribution < 1.29 is 9.59 Å². The normalized spacial score (nSPS) is 35.3. The lowest BCUT2D eigenvalue weighted by Crippen LogP contribution is -2.54. The Hall–Kier alpha value is -2.07. The lowest BCUT2D eigenvalue weighted by molar-refractivity contribution is -0.134. The molecule has 1 aliphatic heterocycles. The first-order valence-electron chi connectivity index (χ1n) is 8.75. The minimum Gasteiger partial charge on any atom is -0.325 e. The highest BCUT2D eigenvalue weighted by molar-refractivity contribution is 7.78. The number of hydrogen-bond donors (Lipinski definition) is 1. The Kier molecular flexibility index (Phi) is 3.71. The summed E-state index contributed by atoms with van der Waals surface area (Å²) in [7, 11) is 0. The summed E-state index contributed by atoms with van der Waals surface area (Å²) >= 11 is 11.7. The summed E-state index contributed by atoms with van der Waals surface area (Å²) in [5.41, 5.74) is -0.947. The van der Waals surface area contributed by atoms with Crippen molar-refractivity contribution >= 4 is 46.4 Å². The van der Waals surface area contributed by atoms with Gasteiger partial charge in [-0.3, -0.25) is 9.59 Å². The van der Waals surface area contributed by atoms with Gasteiger partial charge in [-0.15, -0.1) is 6.58 Å². The molecule has 4 rings (SSSR count). The van der Waals surface area contributed by atoms with Gasteiger partial charge in [0, 0.05) is 16.6 Å². The monoisotopic (exact) mass is 398 g/mol. The van der Waals surface area contributed by atoms with E-state index in [-0.39, 0.29) is 11.7 Å². The second-order valence-electron chi connectivity index (χ2n) is 8.19. The fraction of sp³-hybridized carbons (Fsp3) is 0.381. The number of amides is 1. The van der Waals surface area contributed by atoms with Crippen molar-refractivity contribution in [2.45, 2.75) is 32.2 Å². The number of isothiocyanates is 1. The number of thiocarbonyl (C=S) groups is 1. The van der Waals surface area contributed by atoms with Crippen molar-refractivity contribution in [3.63, 3.8) is 0 Å². The molecule has 6 heteroatoms.